The number of rotatable bonds is 2. The van der Waals surface area contributed by atoms with Crippen molar-refractivity contribution in [3.05, 3.63) is 18.2 Å². The van der Waals surface area contributed by atoms with E-state index in [2.05, 4.69) is 14.1 Å². The van der Waals surface area contributed by atoms with Crippen molar-refractivity contribution in [3.8, 4) is 0 Å². The summed E-state index contributed by atoms with van der Waals surface area (Å²) in [5, 5.41) is 3.19. The van der Waals surface area contributed by atoms with Gasteiger partial charge in [0.15, 0.2) is 0 Å². The lowest BCUT2D eigenvalue weighted by molar-refractivity contribution is 0.186. The van der Waals surface area contributed by atoms with Crippen LogP contribution in [0.25, 0.3) is 11.0 Å². The maximum absolute atomic E-state index is 13.1. The smallest absolute Gasteiger partial charge is 0.127 e. The third-order valence-electron chi connectivity index (χ3n) is 2.82. The number of nitrogens with zero attached hydrogens (tertiary/aromatic N) is 2. The Morgan fingerprint density at radius 1 is 1.33 bits per heavy atom. The maximum atomic E-state index is 13.1. The number of aromatic nitrogens is 2. The lowest BCUT2D eigenvalue weighted by Gasteiger charge is -2.31. The van der Waals surface area contributed by atoms with Crippen LogP contribution < -0.4 is 5.32 Å². The van der Waals surface area contributed by atoms with E-state index in [0.29, 0.717) is 6.42 Å². The molecular weight excluding hydrogens is 213 g/mol. The lowest BCUT2D eigenvalue weighted by Crippen LogP contribution is -2.39. The predicted molar refractivity (Wildman–Crippen MR) is 59.0 cm³/mol. The molecular formula is C10H10FN3S. The summed E-state index contributed by atoms with van der Waals surface area (Å²) in [7, 11) is 0. The second kappa shape index (κ2) is 3.41. The number of alkyl halides is 1. The first-order valence-electron chi connectivity index (χ1n) is 4.96. The summed E-state index contributed by atoms with van der Waals surface area (Å²) in [4.78, 5) is 0. The molecule has 0 amide bonds. The Labute approximate surface area is 90.6 Å². The van der Waals surface area contributed by atoms with Gasteiger partial charge in [0.05, 0.1) is 23.5 Å². The first kappa shape index (κ1) is 9.03. The highest BCUT2D eigenvalue weighted by Gasteiger charge is 2.30. The van der Waals surface area contributed by atoms with Gasteiger partial charge in [-0.3, -0.25) is 0 Å². The summed E-state index contributed by atoms with van der Waals surface area (Å²) in [5.41, 5.74) is 2.62. The molecule has 1 saturated carbocycles. The van der Waals surface area contributed by atoms with Crippen LogP contribution in [-0.4, -0.2) is 21.0 Å². The van der Waals surface area contributed by atoms with Gasteiger partial charge in [-0.2, -0.15) is 8.75 Å². The fourth-order valence-electron chi connectivity index (χ4n) is 1.74. The molecule has 1 aromatic heterocycles. The quantitative estimate of drug-likeness (QED) is 0.850. The zero-order chi connectivity index (χ0) is 10.3. The van der Waals surface area contributed by atoms with Gasteiger partial charge in [0.2, 0.25) is 0 Å². The van der Waals surface area contributed by atoms with Crippen molar-refractivity contribution in [3.63, 3.8) is 0 Å². The monoisotopic (exact) mass is 223 g/mol. The number of hydrogen-bond donors (Lipinski definition) is 1. The van der Waals surface area contributed by atoms with Gasteiger partial charge in [-0.15, -0.1) is 0 Å². The zero-order valence-corrected chi connectivity index (χ0v) is 8.80. The lowest BCUT2D eigenvalue weighted by atomic mass is 9.90. The molecule has 1 aromatic carbocycles. The van der Waals surface area contributed by atoms with E-state index < -0.39 is 6.17 Å². The third kappa shape index (κ3) is 1.47. The van der Waals surface area contributed by atoms with E-state index in [1.54, 1.807) is 0 Å². The Morgan fingerprint density at radius 3 is 3.00 bits per heavy atom. The normalized spacial score (nSPS) is 25.1. The molecule has 0 aliphatic heterocycles. The van der Waals surface area contributed by atoms with E-state index in [4.69, 9.17) is 0 Å². The number of nitrogens with one attached hydrogen (secondary N) is 1. The molecule has 3 rings (SSSR count). The van der Waals surface area contributed by atoms with E-state index in [1.165, 1.54) is 11.7 Å². The molecule has 0 bridgehead atoms. The number of anilines is 1. The van der Waals surface area contributed by atoms with E-state index in [1.807, 2.05) is 18.2 Å². The molecule has 2 aromatic rings. The molecule has 1 fully saturated rings. The van der Waals surface area contributed by atoms with Crippen LogP contribution in [-0.2, 0) is 0 Å². The summed E-state index contributed by atoms with van der Waals surface area (Å²) >= 11 is 1.19. The zero-order valence-electron chi connectivity index (χ0n) is 7.98. The van der Waals surface area contributed by atoms with Crippen LogP contribution >= 0.6 is 11.7 Å². The molecule has 0 saturated heterocycles. The van der Waals surface area contributed by atoms with Gasteiger partial charge in [-0.25, -0.2) is 4.39 Å². The van der Waals surface area contributed by atoms with E-state index in [-0.39, 0.29) is 6.04 Å². The second-order valence-corrected chi connectivity index (χ2v) is 4.31. The Balaban J connectivity index is 1.93. The number of hydrogen-bond acceptors (Lipinski definition) is 4. The Hall–Kier alpha value is -1.23. The van der Waals surface area contributed by atoms with Gasteiger partial charge >= 0.3 is 0 Å². The molecule has 5 heteroatoms. The molecule has 2 unspecified atom stereocenters. The average Bonchev–Trinajstić information content (AvgIpc) is 2.72. The van der Waals surface area contributed by atoms with Gasteiger partial charge in [0, 0.05) is 0 Å². The molecule has 78 valence electrons. The van der Waals surface area contributed by atoms with Crippen molar-refractivity contribution < 1.29 is 4.39 Å². The van der Waals surface area contributed by atoms with Crippen LogP contribution in [0.2, 0.25) is 0 Å². The first-order chi connectivity index (χ1) is 7.34. The van der Waals surface area contributed by atoms with Crippen molar-refractivity contribution in [2.45, 2.75) is 25.1 Å². The Morgan fingerprint density at radius 2 is 2.27 bits per heavy atom. The molecule has 1 heterocycles. The van der Waals surface area contributed by atoms with Crippen molar-refractivity contribution in [1.82, 2.24) is 8.75 Å². The summed E-state index contributed by atoms with van der Waals surface area (Å²) in [6.07, 6.45) is 0.852. The van der Waals surface area contributed by atoms with Gasteiger partial charge in [-0.1, -0.05) is 6.07 Å². The highest BCUT2D eigenvalue weighted by Crippen LogP contribution is 2.29. The van der Waals surface area contributed by atoms with Crippen LogP contribution in [0.5, 0.6) is 0 Å². The minimum Gasteiger partial charge on any atom is -0.378 e. The van der Waals surface area contributed by atoms with Gasteiger partial charge in [0.25, 0.3) is 0 Å². The van der Waals surface area contributed by atoms with E-state index in [0.717, 1.165) is 23.1 Å². The van der Waals surface area contributed by atoms with Crippen molar-refractivity contribution in [2.24, 2.45) is 0 Å². The highest BCUT2D eigenvalue weighted by atomic mass is 32.1. The molecule has 0 spiro atoms. The van der Waals surface area contributed by atoms with E-state index >= 15 is 0 Å². The van der Waals surface area contributed by atoms with Crippen molar-refractivity contribution >= 4 is 28.4 Å². The predicted octanol–water partition coefficient (Wildman–Crippen LogP) is 2.60. The molecule has 15 heavy (non-hydrogen) atoms. The SMILES string of the molecule is FC1CCC1Nc1cccc2nsnc12. The van der Waals surface area contributed by atoms with Crippen LogP contribution in [0.1, 0.15) is 12.8 Å². The maximum Gasteiger partial charge on any atom is 0.127 e. The standard InChI is InChI=1S/C10H10FN3S/c11-6-4-5-7(6)12-8-2-1-3-9-10(8)14-15-13-9/h1-3,6-7,12H,4-5H2. The third-order valence-corrected chi connectivity index (χ3v) is 3.36. The molecule has 1 N–H and O–H groups in total. The van der Waals surface area contributed by atoms with Gasteiger partial charge in [-0.05, 0) is 25.0 Å². The number of benzene rings is 1. The first-order valence-corrected chi connectivity index (χ1v) is 5.69. The molecule has 0 radical (unpaired) electrons. The Kier molecular flexibility index (Phi) is 2.05. The summed E-state index contributed by atoms with van der Waals surface area (Å²) in [5.74, 6) is 0. The van der Waals surface area contributed by atoms with Crippen LogP contribution in [0.15, 0.2) is 18.2 Å². The minimum atomic E-state index is -0.716. The summed E-state index contributed by atoms with van der Waals surface area (Å²) < 4.78 is 21.4. The molecule has 1 aliphatic rings. The molecule has 2 atom stereocenters. The second-order valence-electron chi connectivity index (χ2n) is 3.78. The topological polar surface area (TPSA) is 37.8 Å². The van der Waals surface area contributed by atoms with E-state index in [9.17, 15) is 4.39 Å². The van der Waals surface area contributed by atoms with Crippen molar-refractivity contribution in [1.29, 1.82) is 0 Å². The highest BCUT2D eigenvalue weighted by molar-refractivity contribution is 7.00. The van der Waals surface area contributed by atoms with Crippen molar-refractivity contribution in [2.75, 3.05) is 5.32 Å². The summed E-state index contributed by atoms with van der Waals surface area (Å²) in [6, 6.07) is 5.71. The van der Waals surface area contributed by atoms with Crippen LogP contribution in [0, 0.1) is 0 Å². The summed E-state index contributed by atoms with van der Waals surface area (Å²) in [6.45, 7) is 0. The fraction of sp³-hybridized carbons (Fsp3) is 0.400. The Bertz CT molecular complexity index is 484. The number of halogens is 1. The minimum absolute atomic E-state index is 0.0442. The molecule has 3 nitrogen and oxygen atoms in total. The molecule has 1 aliphatic carbocycles. The van der Waals surface area contributed by atoms with Crippen LogP contribution in [0.4, 0.5) is 10.1 Å². The van der Waals surface area contributed by atoms with Crippen LogP contribution in [0.3, 0.4) is 0 Å². The van der Waals surface area contributed by atoms with Gasteiger partial charge < -0.3 is 5.32 Å². The fourth-order valence-corrected chi connectivity index (χ4v) is 2.29. The number of fused-ring (bicyclic) bond motifs is 1. The average molecular weight is 223 g/mol. The van der Waals surface area contributed by atoms with Gasteiger partial charge in [0.1, 0.15) is 17.2 Å². The largest absolute Gasteiger partial charge is 0.378 e.